The molecule has 1 saturated heterocycles. The van der Waals surface area contributed by atoms with Crippen molar-refractivity contribution in [3.63, 3.8) is 0 Å². The fraction of sp³-hybridized carbons (Fsp3) is 0.304. The van der Waals surface area contributed by atoms with Crippen LogP contribution in [0.2, 0.25) is 0 Å². The predicted octanol–water partition coefficient (Wildman–Crippen LogP) is 3.32. The number of carbonyl (C=O) groups excluding carboxylic acids is 1. The number of piperazine rings is 1. The zero-order chi connectivity index (χ0) is 20.1. The van der Waals surface area contributed by atoms with Gasteiger partial charge in [0.2, 0.25) is 0 Å². The first-order chi connectivity index (χ1) is 14.2. The number of para-hydroxylation sites is 1. The molecule has 0 radical (unpaired) electrons. The molecule has 6 nitrogen and oxygen atoms in total. The SMILES string of the molecule is COc1ccc(CCNC(=O)N2CCN(c3cccc4cccnc34)CC2)cc1. The minimum atomic E-state index is 0.00852. The van der Waals surface area contributed by atoms with Gasteiger partial charge < -0.3 is 19.9 Å². The second kappa shape index (κ2) is 8.82. The smallest absolute Gasteiger partial charge is 0.317 e. The average Bonchev–Trinajstić information content (AvgIpc) is 2.79. The molecule has 0 aliphatic carbocycles. The van der Waals surface area contributed by atoms with Crippen molar-refractivity contribution in [2.75, 3.05) is 44.7 Å². The molecule has 2 aromatic carbocycles. The lowest BCUT2D eigenvalue weighted by Gasteiger charge is -2.36. The number of hydrogen-bond acceptors (Lipinski definition) is 4. The normalized spacial score (nSPS) is 14.1. The van der Waals surface area contributed by atoms with Crippen molar-refractivity contribution >= 4 is 22.6 Å². The third-order valence-electron chi connectivity index (χ3n) is 5.37. The minimum Gasteiger partial charge on any atom is -0.497 e. The maximum atomic E-state index is 12.5. The number of anilines is 1. The van der Waals surface area contributed by atoms with Crippen LogP contribution in [-0.2, 0) is 6.42 Å². The van der Waals surface area contributed by atoms with Gasteiger partial charge in [0.15, 0.2) is 0 Å². The maximum Gasteiger partial charge on any atom is 0.317 e. The highest BCUT2D eigenvalue weighted by Crippen LogP contribution is 2.25. The number of urea groups is 1. The van der Waals surface area contributed by atoms with Crippen molar-refractivity contribution in [3.05, 3.63) is 66.4 Å². The van der Waals surface area contributed by atoms with Gasteiger partial charge in [-0.1, -0.05) is 30.3 Å². The zero-order valence-electron chi connectivity index (χ0n) is 16.7. The Kier molecular flexibility index (Phi) is 5.79. The van der Waals surface area contributed by atoms with E-state index in [2.05, 4.69) is 39.5 Å². The molecule has 0 unspecified atom stereocenters. The largest absolute Gasteiger partial charge is 0.497 e. The quantitative estimate of drug-likeness (QED) is 0.726. The molecular weight excluding hydrogens is 364 g/mol. The van der Waals surface area contributed by atoms with E-state index in [4.69, 9.17) is 4.74 Å². The van der Waals surface area contributed by atoms with E-state index in [-0.39, 0.29) is 6.03 Å². The summed E-state index contributed by atoms with van der Waals surface area (Å²) in [6.45, 7) is 3.65. The molecule has 4 rings (SSSR count). The van der Waals surface area contributed by atoms with Gasteiger partial charge in [0, 0.05) is 44.3 Å². The Hall–Kier alpha value is -3.28. The van der Waals surface area contributed by atoms with Gasteiger partial charge in [0.1, 0.15) is 5.75 Å². The molecule has 1 fully saturated rings. The van der Waals surface area contributed by atoms with E-state index < -0.39 is 0 Å². The minimum absolute atomic E-state index is 0.00852. The number of carbonyl (C=O) groups is 1. The van der Waals surface area contributed by atoms with Crippen LogP contribution in [0.15, 0.2) is 60.8 Å². The molecule has 2 amide bonds. The summed E-state index contributed by atoms with van der Waals surface area (Å²) >= 11 is 0. The molecule has 1 N–H and O–H groups in total. The van der Waals surface area contributed by atoms with E-state index in [1.807, 2.05) is 41.4 Å². The maximum absolute atomic E-state index is 12.5. The zero-order valence-corrected chi connectivity index (χ0v) is 16.7. The number of nitrogens with one attached hydrogen (secondary N) is 1. The second-order valence-electron chi connectivity index (χ2n) is 7.16. The van der Waals surface area contributed by atoms with Crippen LogP contribution in [0.1, 0.15) is 5.56 Å². The number of nitrogens with zero attached hydrogens (tertiary/aromatic N) is 3. The van der Waals surface area contributed by atoms with Gasteiger partial charge in [-0.05, 0) is 36.2 Å². The van der Waals surface area contributed by atoms with Gasteiger partial charge in [-0.15, -0.1) is 0 Å². The molecule has 0 atom stereocenters. The Morgan fingerprint density at radius 1 is 1.03 bits per heavy atom. The van der Waals surface area contributed by atoms with Gasteiger partial charge in [-0.3, -0.25) is 4.98 Å². The highest BCUT2D eigenvalue weighted by molar-refractivity contribution is 5.90. The van der Waals surface area contributed by atoms with E-state index >= 15 is 0 Å². The predicted molar refractivity (Wildman–Crippen MR) is 116 cm³/mol. The Bertz CT molecular complexity index is 961. The molecule has 0 spiro atoms. The lowest BCUT2D eigenvalue weighted by atomic mass is 10.1. The summed E-state index contributed by atoms with van der Waals surface area (Å²) in [5.74, 6) is 0.844. The molecule has 0 bridgehead atoms. The Morgan fingerprint density at radius 2 is 1.79 bits per heavy atom. The summed E-state index contributed by atoms with van der Waals surface area (Å²) in [6.07, 6.45) is 2.63. The number of pyridine rings is 1. The number of hydrogen-bond donors (Lipinski definition) is 1. The van der Waals surface area contributed by atoms with Crippen molar-refractivity contribution in [3.8, 4) is 5.75 Å². The fourth-order valence-electron chi connectivity index (χ4n) is 3.71. The molecule has 0 saturated carbocycles. The number of rotatable bonds is 5. The molecule has 1 aliphatic heterocycles. The highest BCUT2D eigenvalue weighted by atomic mass is 16.5. The molecule has 1 aliphatic rings. The summed E-state index contributed by atoms with van der Waals surface area (Å²) < 4.78 is 5.17. The molecular formula is C23H26N4O2. The van der Waals surface area contributed by atoms with E-state index in [1.165, 1.54) is 5.56 Å². The standard InChI is InChI=1S/C23H26N4O2/c1-29-20-9-7-18(8-10-20)11-13-25-23(28)27-16-14-26(15-17-27)21-6-2-4-19-5-3-12-24-22(19)21/h2-10,12H,11,13-17H2,1H3,(H,25,28). The van der Waals surface area contributed by atoms with Crippen LogP contribution < -0.4 is 15.0 Å². The third-order valence-corrected chi connectivity index (χ3v) is 5.37. The van der Waals surface area contributed by atoms with E-state index in [9.17, 15) is 4.79 Å². The number of aromatic nitrogens is 1. The molecule has 6 heteroatoms. The summed E-state index contributed by atoms with van der Waals surface area (Å²) in [4.78, 5) is 21.3. The van der Waals surface area contributed by atoms with Crippen molar-refractivity contribution in [1.29, 1.82) is 0 Å². The number of amides is 2. The van der Waals surface area contributed by atoms with Crippen molar-refractivity contribution < 1.29 is 9.53 Å². The van der Waals surface area contributed by atoms with Crippen LogP contribution in [-0.4, -0.2) is 55.7 Å². The highest BCUT2D eigenvalue weighted by Gasteiger charge is 2.22. The first kappa shape index (κ1) is 19.1. The Morgan fingerprint density at radius 3 is 2.55 bits per heavy atom. The van der Waals surface area contributed by atoms with E-state index in [0.29, 0.717) is 19.6 Å². The van der Waals surface area contributed by atoms with Gasteiger partial charge in [-0.2, -0.15) is 0 Å². The van der Waals surface area contributed by atoms with Gasteiger partial charge in [0.25, 0.3) is 0 Å². The lowest BCUT2D eigenvalue weighted by molar-refractivity contribution is 0.194. The number of ether oxygens (including phenoxy) is 1. The van der Waals surface area contributed by atoms with Crippen molar-refractivity contribution in [2.45, 2.75) is 6.42 Å². The van der Waals surface area contributed by atoms with Gasteiger partial charge >= 0.3 is 6.03 Å². The number of benzene rings is 2. The van der Waals surface area contributed by atoms with Crippen LogP contribution >= 0.6 is 0 Å². The first-order valence-electron chi connectivity index (χ1n) is 9.99. The topological polar surface area (TPSA) is 57.7 Å². The monoisotopic (exact) mass is 390 g/mol. The fourth-order valence-corrected chi connectivity index (χ4v) is 3.71. The van der Waals surface area contributed by atoms with Gasteiger partial charge in [-0.25, -0.2) is 4.79 Å². The third kappa shape index (κ3) is 4.42. The molecule has 150 valence electrons. The first-order valence-corrected chi connectivity index (χ1v) is 9.99. The molecule has 29 heavy (non-hydrogen) atoms. The second-order valence-corrected chi connectivity index (χ2v) is 7.16. The van der Waals surface area contributed by atoms with Crippen LogP contribution in [0.5, 0.6) is 5.75 Å². The summed E-state index contributed by atoms with van der Waals surface area (Å²) in [6, 6.07) is 18.3. The van der Waals surface area contributed by atoms with E-state index in [0.717, 1.165) is 41.9 Å². The van der Waals surface area contributed by atoms with Crippen LogP contribution in [0, 0.1) is 0 Å². The molecule has 1 aromatic heterocycles. The number of methoxy groups -OCH3 is 1. The number of fused-ring (bicyclic) bond motifs is 1. The summed E-state index contributed by atoms with van der Waals surface area (Å²) in [5, 5.41) is 4.18. The van der Waals surface area contributed by atoms with Crippen LogP contribution in [0.4, 0.5) is 10.5 Å². The van der Waals surface area contributed by atoms with Crippen LogP contribution in [0.3, 0.4) is 0 Å². The van der Waals surface area contributed by atoms with Crippen LogP contribution in [0.25, 0.3) is 10.9 Å². The Balaban J connectivity index is 1.28. The summed E-state index contributed by atoms with van der Waals surface area (Å²) in [5.41, 5.74) is 3.34. The van der Waals surface area contributed by atoms with Gasteiger partial charge in [0.05, 0.1) is 18.3 Å². The molecule has 2 heterocycles. The van der Waals surface area contributed by atoms with E-state index in [1.54, 1.807) is 7.11 Å². The van der Waals surface area contributed by atoms with Crippen molar-refractivity contribution in [2.24, 2.45) is 0 Å². The summed E-state index contributed by atoms with van der Waals surface area (Å²) in [7, 11) is 1.66. The molecule has 3 aromatic rings. The Labute approximate surface area is 171 Å². The van der Waals surface area contributed by atoms with Crippen molar-refractivity contribution in [1.82, 2.24) is 15.2 Å². The lowest BCUT2D eigenvalue weighted by Crippen LogP contribution is -2.52. The average molecular weight is 390 g/mol.